The van der Waals surface area contributed by atoms with Crippen molar-refractivity contribution in [1.29, 1.82) is 0 Å². The summed E-state index contributed by atoms with van der Waals surface area (Å²) < 4.78 is 0. The number of aromatic nitrogens is 2. The highest BCUT2D eigenvalue weighted by Gasteiger charge is 2.10. The average molecular weight is 162 g/mol. The van der Waals surface area contributed by atoms with Crippen molar-refractivity contribution in [3.63, 3.8) is 0 Å². The highest BCUT2D eigenvalue weighted by atomic mass is 16.3. The Bertz CT molecular complexity index is 255. The molecule has 1 rings (SSSR count). The van der Waals surface area contributed by atoms with Crippen molar-refractivity contribution in [1.82, 2.24) is 9.97 Å². The molecule has 0 amide bonds. The summed E-state index contributed by atoms with van der Waals surface area (Å²) in [5.74, 6) is 0. The maximum atomic E-state index is 9.52. The fourth-order valence-electron chi connectivity index (χ4n) is 1.04. The zero-order valence-electron chi connectivity index (χ0n) is 7.07. The molecule has 3 nitrogen and oxygen atoms in total. The maximum absolute atomic E-state index is 9.52. The Morgan fingerprint density at radius 1 is 1.50 bits per heavy atom. The number of aliphatic hydroxyl groups is 1. The van der Waals surface area contributed by atoms with Gasteiger partial charge in [0.2, 0.25) is 0 Å². The molecular formula is C8H11BN2O. The zero-order valence-corrected chi connectivity index (χ0v) is 7.07. The molecule has 4 heteroatoms. The summed E-state index contributed by atoms with van der Waals surface area (Å²) in [6.45, 7) is 1.82. The average Bonchev–Trinajstić information content (AvgIpc) is 2.05. The quantitative estimate of drug-likeness (QED) is 0.668. The fourth-order valence-corrected chi connectivity index (χ4v) is 1.04. The van der Waals surface area contributed by atoms with Crippen LogP contribution in [0, 0.1) is 6.92 Å². The third-order valence-corrected chi connectivity index (χ3v) is 1.67. The maximum Gasteiger partial charge on any atom is 0.0971 e. The van der Waals surface area contributed by atoms with Gasteiger partial charge in [0.1, 0.15) is 0 Å². The van der Waals surface area contributed by atoms with E-state index in [2.05, 4.69) is 9.97 Å². The van der Waals surface area contributed by atoms with Gasteiger partial charge in [-0.05, 0) is 13.3 Å². The Kier molecular flexibility index (Phi) is 3.23. The van der Waals surface area contributed by atoms with Gasteiger partial charge in [-0.15, -0.1) is 0 Å². The molecule has 0 aromatic carbocycles. The summed E-state index contributed by atoms with van der Waals surface area (Å²) in [6.07, 6.45) is 3.58. The molecule has 0 aliphatic heterocycles. The van der Waals surface area contributed by atoms with Crippen LogP contribution in [-0.4, -0.2) is 22.9 Å². The van der Waals surface area contributed by atoms with Crippen molar-refractivity contribution in [2.24, 2.45) is 0 Å². The van der Waals surface area contributed by atoms with E-state index in [0.29, 0.717) is 18.4 Å². The largest absolute Gasteiger partial charge is 0.387 e. The van der Waals surface area contributed by atoms with Crippen molar-refractivity contribution >= 4 is 7.85 Å². The molecular weight excluding hydrogens is 151 g/mol. The minimum absolute atomic E-state index is 0.456. The van der Waals surface area contributed by atoms with Gasteiger partial charge in [-0.2, -0.15) is 0 Å². The molecule has 2 radical (unpaired) electrons. The predicted molar refractivity (Wildman–Crippen MR) is 46.9 cm³/mol. The molecule has 0 saturated carbocycles. The summed E-state index contributed by atoms with van der Waals surface area (Å²) in [5.41, 5.74) is 1.39. The first kappa shape index (κ1) is 9.19. The van der Waals surface area contributed by atoms with Crippen LogP contribution in [0.25, 0.3) is 0 Å². The lowest BCUT2D eigenvalue weighted by Gasteiger charge is -2.09. The molecule has 1 unspecified atom stereocenters. The van der Waals surface area contributed by atoms with E-state index < -0.39 is 6.10 Å². The van der Waals surface area contributed by atoms with E-state index in [0.717, 1.165) is 5.69 Å². The molecule has 1 aromatic heterocycles. The molecule has 62 valence electrons. The van der Waals surface area contributed by atoms with Crippen molar-refractivity contribution in [3.8, 4) is 0 Å². The zero-order chi connectivity index (χ0) is 8.97. The lowest BCUT2D eigenvalue weighted by molar-refractivity contribution is 0.167. The van der Waals surface area contributed by atoms with Gasteiger partial charge in [-0.1, -0.05) is 6.32 Å². The van der Waals surface area contributed by atoms with E-state index in [4.69, 9.17) is 7.85 Å². The van der Waals surface area contributed by atoms with Crippen LogP contribution in [0.15, 0.2) is 12.4 Å². The van der Waals surface area contributed by atoms with E-state index in [1.807, 2.05) is 6.92 Å². The van der Waals surface area contributed by atoms with Crippen LogP contribution in [0.4, 0.5) is 0 Å². The van der Waals surface area contributed by atoms with Gasteiger partial charge in [0, 0.05) is 12.4 Å². The van der Waals surface area contributed by atoms with Crippen LogP contribution >= 0.6 is 0 Å². The second-order valence-corrected chi connectivity index (χ2v) is 2.62. The predicted octanol–water partition coefficient (Wildman–Crippen LogP) is 0.795. The molecule has 1 atom stereocenters. The number of hydrogen-bond acceptors (Lipinski definition) is 3. The second kappa shape index (κ2) is 4.21. The molecule has 1 N–H and O–H groups in total. The van der Waals surface area contributed by atoms with Gasteiger partial charge < -0.3 is 5.11 Å². The summed E-state index contributed by atoms with van der Waals surface area (Å²) in [4.78, 5) is 8.05. The van der Waals surface area contributed by atoms with E-state index in [-0.39, 0.29) is 0 Å². The standard InChI is InChI=1S/C8H11BN2O/c1-6-8(7(12)2-3-9)11-5-4-10-6/h4-5,7,12H,2-3H2,1H3. The Hall–Kier alpha value is -0.895. The molecule has 12 heavy (non-hydrogen) atoms. The highest BCUT2D eigenvalue weighted by Crippen LogP contribution is 2.16. The first-order valence-electron chi connectivity index (χ1n) is 3.91. The molecule has 1 heterocycles. The number of aryl methyl sites for hydroxylation is 1. The van der Waals surface area contributed by atoms with Crippen molar-refractivity contribution in [3.05, 3.63) is 23.8 Å². The first-order chi connectivity index (χ1) is 5.75. The van der Waals surface area contributed by atoms with E-state index >= 15 is 0 Å². The summed E-state index contributed by atoms with van der Waals surface area (Å²) >= 11 is 0. The van der Waals surface area contributed by atoms with Gasteiger partial charge >= 0.3 is 0 Å². The normalized spacial score (nSPS) is 12.8. The number of rotatable bonds is 3. The van der Waals surface area contributed by atoms with Crippen LogP contribution in [0.5, 0.6) is 0 Å². The van der Waals surface area contributed by atoms with E-state index in [9.17, 15) is 5.11 Å². The lowest BCUT2D eigenvalue weighted by atomic mass is 9.97. The summed E-state index contributed by atoms with van der Waals surface area (Å²) in [7, 11) is 5.31. The molecule has 0 fully saturated rings. The second-order valence-electron chi connectivity index (χ2n) is 2.62. The molecule has 0 aliphatic rings. The molecule has 0 aliphatic carbocycles. The number of aliphatic hydroxyl groups excluding tert-OH is 1. The SMILES string of the molecule is [B]CCC(O)c1nccnc1C. The molecule has 0 spiro atoms. The topological polar surface area (TPSA) is 46.0 Å². The molecule has 1 aromatic rings. The molecule has 0 bridgehead atoms. The van der Waals surface area contributed by atoms with Crippen LogP contribution in [0.3, 0.4) is 0 Å². The van der Waals surface area contributed by atoms with Gasteiger partial charge in [0.05, 0.1) is 25.3 Å². The fraction of sp³-hybridized carbons (Fsp3) is 0.500. The minimum atomic E-state index is -0.580. The third-order valence-electron chi connectivity index (χ3n) is 1.67. The van der Waals surface area contributed by atoms with Crippen LogP contribution in [0.1, 0.15) is 23.9 Å². The smallest absolute Gasteiger partial charge is 0.0971 e. The minimum Gasteiger partial charge on any atom is -0.387 e. The number of nitrogens with zero attached hydrogens (tertiary/aromatic N) is 2. The summed E-state index contributed by atoms with van der Waals surface area (Å²) in [5, 5.41) is 9.52. The van der Waals surface area contributed by atoms with E-state index in [1.54, 1.807) is 12.4 Å². The van der Waals surface area contributed by atoms with Crippen LogP contribution in [-0.2, 0) is 0 Å². The van der Waals surface area contributed by atoms with E-state index in [1.165, 1.54) is 0 Å². The van der Waals surface area contributed by atoms with Crippen molar-refractivity contribution < 1.29 is 5.11 Å². The van der Waals surface area contributed by atoms with Crippen LogP contribution < -0.4 is 0 Å². The van der Waals surface area contributed by atoms with Gasteiger partial charge in [0.15, 0.2) is 0 Å². The monoisotopic (exact) mass is 162 g/mol. The first-order valence-corrected chi connectivity index (χ1v) is 3.91. The Labute approximate surface area is 73.3 Å². The van der Waals surface area contributed by atoms with Crippen LogP contribution in [0.2, 0.25) is 6.32 Å². The summed E-state index contributed by atoms with van der Waals surface area (Å²) in [6, 6.07) is 0. The Morgan fingerprint density at radius 2 is 2.17 bits per heavy atom. The van der Waals surface area contributed by atoms with Crippen molar-refractivity contribution in [2.75, 3.05) is 0 Å². The Morgan fingerprint density at radius 3 is 2.75 bits per heavy atom. The van der Waals surface area contributed by atoms with Gasteiger partial charge in [-0.25, -0.2) is 0 Å². The highest BCUT2D eigenvalue weighted by molar-refractivity contribution is 6.08. The van der Waals surface area contributed by atoms with Gasteiger partial charge in [0.25, 0.3) is 0 Å². The van der Waals surface area contributed by atoms with Crippen molar-refractivity contribution in [2.45, 2.75) is 25.8 Å². The number of hydrogen-bond donors (Lipinski definition) is 1. The third kappa shape index (κ3) is 2.04. The van der Waals surface area contributed by atoms with Gasteiger partial charge in [-0.3, -0.25) is 9.97 Å². The molecule has 0 saturated heterocycles. The Balaban J connectivity index is 2.79. The lowest BCUT2D eigenvalue weighted by Crippen LogP contribution is -2.03.